The second kappa shape index (κ2) is 13.8. The summed E-state index contributed by atoms with van der Waals surface area (Å²) in [6.45, 7) is 2.03. The molecule has 0 saturated heterocycles. The van der Waals surface area contributed by atoms with Crippen LogP contribution in [0.25, 0.3) is 6.08 Å². The van der Waals surface area contributed by atoms with E-state index in [1.807, 2.05) is 30.4 Å². The van der Waals surface area contributed by atoms with Crippen LogP contribution in [0.5, 0.6) is 23.0 Å². The largest absolute Gasteiger partial charge is 0.493 e. The topological polar surface area (TPSA) is 69.3 Å². The van der Waals surface area contributed by atoms with E-state index in [1.54, 1.807) is 28.4 Å². The number of hydrogen-bond donors (Lipinski definition) is 1. The van der Waals surface area contributed by atoms with Crippen molar-refractivity contribution in [3.8, 4) is 23.0 Å². The van der Waals surface area contributed by atoms with Gasteiger partial charge in [0.15, 0.2) is 23.0 Å². The summed E-state index contributed by atoms with van der Waals surface area (Å²) in [7, 11) is 8.69. The number of amides is 1. The van der Waals surface area contributed by atoms with Crippen molar-refractivity contribution >= 4 is 17.7 Å². The second-order valence-corrected chi connectivity index (χ2v) is 9.19. The van der Waals surface area contributed by atoms with Crippen LogP contribution in [0.15, 0.2) is 36.4 Å². The molecule has 2 aromatic rings. The van der Waals surface area contributed by atoms with Crippen LogP contribution in [0.2, 0.25) is 0 Å². The number of benzene rings is 2. The van der Waals surface area contributed by atoms with Crippen LogP contribution in [0.4, 0.5) is 5.69 Å². The van der Waals surface area contributed by atoms with Crippen LogP contribution < -0.4 is 24.3 Å². The average Bonchev–Trinajstić information content (AvgIpc) is 3.04. The van der Waals surface area contributed by atoms with E-state index in [2.05, 4.69) is 29.4 Å². The quantitative estimate of drug-likeness (QED) is 0.352. The number of carbonyl (C=O) groups excluding carboxylic acids is 1. The van der Waals surface area contributed by atoms with Crippen LogP contribution in [-0.4, -0.2) is 59.4 Å². The van der Waals surface area contributed by atoms with Gasteiger partial charge in [-0.1, -0.05) is 24.6 Å². The molecule has 1 aliphatic rings. The number of hydrogen-bond acceptors (Lipinski definition) is 6. The summed E-state index contributed by atoms with van der Waals surface area (Å²) in [5.41, 5.74) is 2.95. The minimum Gasteiger partial charge on any atom is -0.493 e. The molecule has 3 rings (SSSR count). The summed E-state index contributed by atoms with van der Waals surface area (Å²) in [5, 5.41) is 3.05. The molecule has 7 nitrogen and oxygen atoms in total. The number of aryl methyl sites for hydroxylation is 1. The zero-order valence-electron chi connectivity index (χ0n) is 22.3. The van der Waals surface area contributed by atoms with Gasteiger partial charge < -0.3 is 29.2 Å². The third-order valence-corrected chi connectivity index (χ3v) is 6.67. The van der Waals surface area contributed by atoms with E-state index in [0.717, 1.165) is 67.9 Å². The smallest absolute Gasteiger partial charge is 0.231 e. The van der Waals surface area contributed by atoms with Gasteiger partial charge in [0.2, 0.25) is 5.91 Å². The molecule has 7 heteroatoms. The summed E-state index contributed by atoms with van der Waals surface area (Å²) < 4.78 is 21.5. The van der Waals surface area contributed by atoms with Crippen molar-refractivity contribution in [2.75, 3.05) is 53.9 Å². The Balaban J connectivity index is 1.37. The Kier molecular flexibility index (Phi) is 10.5. The summed E-state index contributed by atoms with van der Waals surface area (Å²) in [6.07, 6.45) is 10.3. The molecule has 0 spiro atoms. The summed E-state index contributed by atoms with van der Waals surface area (Å²) in [5.74, 6) is 2.69. The molecule has 36 heavy (non-hydrogen) atoms. The van der Waals surface area contributed by atoms with Crippen molar-refractivity contribution in [2.24, 2.45) is 5.92 Å². The number of unbranched alkanes of at least 4 members (excludes halogenated alkanes) is 2. The predicted octanol–water partition coefficient (Wildman–Crippen LogP) is 5.43. The van der Waals surface area contributed by atoms with Crippen LogP contribution in [0, 0.1) is 5.92 Å². The molecule has 1 amide bonds. The van der Waals surface area contributed by atoms with E-state index in [0.29, 0.717) is 11.5 Å². The first kappa shape index (κ1) is 27.4. The number of methoxy groups -OCH3 is 4. The molecule has 0 saturated carbocycles. The fourth-order valence-electron chi connectivity index (χ4n) is 4.52. The van der Waals surface area contributed by atoms with Crippen LogP contribution >= 0.6 is 0 Å². The fourth-order valence-corrected chi connectivity index (χ4v) is 4.52. The van der Waals surface area contributed by atoms with Gasteiger partial charge in [-0.05, 0) is 76.0 Å². The third kappa shape index (κ3) is 7.40. The molecule has 0 radical (unpaired) electrons. The monoisotopic (exact) mass is 496 g/mol. The predicted molar refractivity (Wildman–Crippen MR) is 145 cm³/mol. The van der Waals surface area contributed by atoms with Crippen molar-refractivity contribution in [3.63, 3.8) is 0 Å². The second-order valence-electron chi connectivity index (χ2n) is 9.19. The SMILES string of the molecule is COc1ccc(CCCCCN(C)CCCC2C=Cc3cc(OC)c(OC)cc3NC2=O)cc1OC. The number of nitrogens with zero attached hydrogens (tertiary/aromatic N) is 1. The zero-order chi connectivity index (χ0) is 25.9. The summed E-state index contributed by atoms with van der Waals surface area (Å²) in [6, 6.07) is 9.85. The molecule has 0 aromatic heterocycles. The van der Waals surface area contributed by atoms with E-state index in [9.17, 15) is 4.79 Å². The highest BCUT2D eigenvalue weighted by atomic mass is 16.5. The molecule has 196 valence electrons. The Bertz CT molecular complexity index is 1040. The Morgan fingerprint density at radius 3 is 2.19 bits per heavy atom. The molecule has 1 unspecified atom stereocenters. The van der Waals surface area contributed by atoms with Crippen molar-refractivity contribution in [1.29, 1.82) is 0 Å². The van der Waals surface area contributed by atoms with E-state index < -0.39 is 0 Å². The highest BCUT2D eigenvalue weighted by Gasteiger charge is 2.21. The van der Waals surface area contributed by atoms with Gasteiger partial charge in [-0.3, -0.25) is 4.79 Å². The first-order valence-electron chi connectivity index (χ1n) is 12.6. The average molecular weight is 497 g/mol. The molecule has 1 atom stereocenters. The zero-order valence-corrected chi connectivity index (χ0v) is 22.3. The maximum atomic E-state index is 12.8. The van der Waals surface area contributed by atoms with Gasteiger partial charge in [0.25, 0.3) is 0 Å². The molecule has 1 aliphatic heterocycles. The maximum absolute atomic E-state index is 12.8. The van der Waals surface area contributed by atoms with Gasteiger partial charge in [-0.25, -0.2) is 0 Å². The Labute approximate surface area is 215 Å². The lowest BCUT2D eigenvalue weighted by Gasteiger charge is -2.18. The number of ether oxygens (including phenoxy) is 4. The highest BCUT2D eigenvalue weighted by molar-refractivity contribution is 5.98. The van der Waals surface area contributed by atoms with Crippen LogP contribution in [0.3, 0.4) is 0 Å². The van der Waals surface area contributed by atoms with Gasteiger partial charge in [0.1, 0.15) is 0 Å². The molecule has 0 aliphatic carbocycles. The number of carbonyl (C=O) groups is 1. The van der Waals surface area contributed by atoms with Crippen molar-refractivity contribution < 1.29 is 23.7 Å². The summed E-state index contributed by atoms with van der Waals surface area (Å²) >= 11 is 0. The third-order valence-electron chi connectivity index (χ3n) is 6.67. The minimum absolute atomic E-state index is 0.0232. The molecule has 0 bridgehead atoms. The van der Waals surface area contributed by atoms with Crippen molar-refractivity contribution in [1.82, 2.24) is 4.90 Å². The van der Waals surface area contributed by atoms with Crippen LogP contribution in [-0.2, 0) is 11.2 Å². The number of anilines is 1. The first-order valence-corrected chi connectivity index (χ1v) is 12.6. The van der Waals surface area contributed by atoms with Crippen molar-refractivity contribution in [2.45, 2.75) is 38.5 Å². The van der Waals surface area contributed by atoms with Crippen molar-refractivity contribution in [3.05, 3.63) is 47.5 Å². The van der Waals surface area contributed by atoms with E-state index in [1.165, 1.54) is 12.0 Å². The van der Waals surface area contributed by atoms with Gasteiger partial charge in [0, 0.05) is 11.6 Å². The van der Waals surface area contributed by atoms with E-state index in [-0.39, 0.29) is 11.8 Å². The molecule has 1 heterocycles. The molecular formula is C29H40N2O5. The molecular weight excluding hydrogens is 456 g/mol. The van der Waals surface area contributed by atoms with Crippen LogP contribution in [0.1, 0.15) is 43.2 Å². The van der Waals surface area contributed by atoms with Gasteiger partial charge >= 0.3 is 0 Å². The molecule has 2 aromatic carbocycles. The lowest BCUT2D eigenvalue weighted by Crippen LogP contribution is -2.24. The molecule has 1 N–H and O–H groups in total. The fraction of sp³-hybridized carbons (Fsp3) is 0.483. The lowest BCUT2D eigenvalue weighted by molar-refractivity contribution is -0.118. The highest BCUT2D eigenvalue weighted by Crippen LogP contribution is 2.36. The maximum Gasteiger partial charge on any atom is 0.231 e. The van der Waals surface area contributed by atoms with E-state index >= 15 is 0 Å². The normalized spacial score (nSPS) is 14.7. The minimum atomic E-state index is -0.149. The standard InChI is InChI=1S/C29H40N2O5/c1-31(16-8-6-7-10-21-12-15-25(33-2)26(18-21)34-3)17-9-11-22-13-14-23-19-27(35-4)28(36-5)20-24(23)30-29(22)32/h12-15,18-20,22H,6-11,16-17H2,1-5H3,(H,30,32). The lowest BCUT2D eigenvalue weighted by atomic mass is 10.0. The Morgan fingerprint density at radius 2 is 1.47 bits per heavy atom. The summed E-state index contributed by atoms with van der Waals surface area (Å²) in [4.78, 5) is 15.1. The Morgan fingerprint density at radius 1 is 0.806 bits per heavy atom. The van der Waals surface area contributed by atoms with Gasteiger partial charge in [-0.15, -0.1) is 0 Å². The first-order chi connectivity index (χ1) is 17.5. The number of nitrogens with one attached hydrogen (secondary N) is 1. The number of fused-ring (bicyclic) bond motifs is 1. The molecule has 0 fully saturated rings. The van der Waals surface area contributed by atoms with E-state index in [4.69, 9.17) is 18.9 Å². The Hall–Kier alpha value is -3.19. The number of rotatable bonds is 14. The van der Waals surface area contributed by atoms with Gasteiger partial charge in [-0.2, -0.15) is 0 Å². The van der Waals surface area contributed by atoms with Gasteiger partial charge in [0.05, 0.1) is 40.0 Å².